The monoisotopic (exact) mass is 259 g/mol. The van der Waals surface area contributed by atoms with Gasteiger partial charge in [-0.1, -0.05) is 12.2 Å². The molecule has 19 heavy (non-hydrogen) atoms. The molecule has 1 amide bonds. The fourth-order valence-corrected chi connectivity index (χ4v) is 2.51. The van der Waals surface area contributed by atoms with Crippen LogP contribution in [0.25, 0.3) is 0 Å². The number of allylic oxidation sites excluding steroid dienone is 2. The lowest BCUT2D eigenvalue weighted by molar-refractivity contribution is -0.122. The molecule has 1 aliphatic heterocycles. The Morgan fingerprint density at radius 3 is 2.89 bits per heavy atom. The van der Waals surface area contributed by atoms with E-state index in [1.165, 1.54) is 0 Å². The average molecular weight is 259 g/mol. The molecule has 0 saturated carbocycles. The molecule has 2 aliphatic rings. The Kier molecular flexibility index (Phi) is 3.15. The second kappa shape index (κ2) is 4.96. The van der Waals surface area contributed by atoms with Crippen molar-refractivity contribution < 1.29 is 14.3 Å². The van der Waals surface area contributed by atoms with E-state index < -0.39 is 0 Å². The fourth-order valence-electron chi connectivity index (χ4n) is 2.51. The number of fused-ring (bicyclic) bond motifs is 1. The van der Waals surface area contributed by atoms with Crippen molar-refractivity contribution in [1.82, 2.24) is 0 Å². The first kappa shape index (κ1) is 12.1. The average Bonchev–Trinajstić information content (AvgIpc) is 2.94. The van der Waals surface area contributed by atoms with E-state index in [0.29, 0.717) is 5.75 Å². The molecule has 0 fully saturated rings. The second-order valence-electron chi connectivity index (χ2n) is 4.92. The summed E-state index contributed by atoms with van der Waals surface area (Å²) in [5.74, 6) is 1.72. The van der Waals surface area contributed by atoms with Crippen molar-refractivity contribution in [3.63, 3.8) is 0 Å². The maximum absolute atomic E-state index is 12.4. The maximum atomic E-state index is 12.4. The summed E-state index contributed by atoms with van der Waals surface area (Å²) in [5, 5.41) is 0. The third kappa shape index (κ3) is 2.30. The summed E-state index contributed by atoms with van der Waals surface area (Å²) in [5.41, 5.74) is 0.851. The van der Waals surface area contributed by atoms with Gasteiger partial charge in [0, 0.05) is 24.7 Å². The first-order valence-corrected chi connectivity index (χ1v) is 6.58. The van der Waals surface area contributed by atoms with Crippen LogP contribution in [0.1, 0.15) is 19.3 Å². The van der Waals surface area contributed by atoms with Gasteiger partial charge < -0.3 is 14.4 Å². The van der Waals surface area contributed by atoms with Crippen LogP contribution in [0.3, 0.4) is 0 Å². The van der Waals surface area contributed by atoms with E-state index in [2.05, 4.69) is 12.2 Å². The molecule has 0 aromatic heterocycles. The number of ether oxygens (including phenoxy) is 2. The van der Waals surface area contributed by atoms with Crippen molar-refractivity contribution in [3.8, 4) is 11.5 Å². The number of carbonyl (C=O) groups is 1. The minimum Gasteiger partial charge on any atom is -0.454 e. The quantitative estimate of drug-likeness (QED) is 0.766. The zero-order chi connectivity index (χ0) is 13.2. The Balaban J connectivity index is 1.77. The van der Waals surface area contributed by atoms with Gasteiger partial charge in [0.05, 0.1) is 0 Å². The number of amides is 1. The van der Waals surface area contributed by atoms with E-state index in [1.807, 2.05) is 25.2 Å². The molecule has 0 radical (unpaired) electrons. The van der Waals surface area contributed by atoms with Crippen molar-refractivity contribution in [2.75, 3.05) is 18.7 Å². The van der Waals surface area contributed by atoms with Crippen molar-refractivity contribution in [2.24, 2.45) is 5.92 Å². The van der Waals surface area contributed by atoms with Crippen LogP contribution in [-0.4, -0.2) is 19.7 Å². The predicted molar refractivity (Wildman–Crippen MR) is 72.5 cm³/mol. The highest BCUT2D eigenvalue weighted by molar-refractivity contribution is 5.95. The molecule has 1 unspecified atom stereocenters. The van der Waals surface area contributed by atoms with E-state index in [0.717, 1.165) is 30.7 Å². The summed E-state index contributed by atoms with van der Waals surface area (Å²) in [6.07, 6.45) is 7.01. The van der Waals surface area contributed by atoms with Gasteiger partial charge in [0.15, 0.2) is 11.5 Å². The van der Waals surface area contributed by atoms with Gasteiger partial charge in [0.1, 0.15) is 0 Å². The summed E-state index contributed by atoms with van der Waals surface area (Å²) in [6, 6.07) is 5.60. The summed E-state index contributed by atoms with van der Waals surface area (Å²) in [4.78, 5) is 14.1. The normalized spacial score (nSPS) is 20.4. The molecule has 4 heteroatoms. The second-order valence-corrected chi connectivity index (χ2v) is 4.92. The Hall–Kier alpha value is -1.97. The Bertz CT molecular complexity index is 524. The van der Waals surface area contributed by atoms with Gasteiger partial charge >= 0.3 is 0 Å². The number of hydrogen-bond donors (Lipinski definition) is 0. The molecule has 1 heterocycles. The molecule has 4 nitrogen and oxygen atoms in total. The molecule has 0 spiro atoms. The van der Waals surface area contributed by atoms with Crippen LogP contribution < -0.4 is 14.4 Å². The van der Waals surface area contributed by atoms with Crippen molar-refractivity contribution in [3.05, 3.63) is 30.4 Å². The molecule has 1 aromatic rings. The molecule has 1 atom stereocenters. The van der Waals surface area contributed by atoms with Crippen molar-refractivity contribution in [1.29, 1.82) is 0 Å². The van der Waals surface area contributed by atoms with E-state index >= 15 is 0 Å². The first-order chi connectivity index (χ1) is 9.25. The highest BCUT2D eigenvalue weighted by Gasteiger charge is 2.24. The van der Waals surface area contributed by atoms with Crippen LogP contribution >= 0.6 is 0 Å². The van der Waals surface area contributed by atoms with Gasteiger partial charge in [-0.3, -0.25) is 4.79 Å². The van der Waals surface area contributed by atoms with Crippen LogP contribution in [0.5, 0.6) is 11.5 Å². The van der Waals surface area contributed by atoms with Crippen molar-refractivity contribution >= 4 is 11.6 Å². The topological polar surface area (TPSA) is 38.8 Å². The van der Waals surface area contributed by atoms with E-state index in [-0.39, 0.29) is 18.6 Å². The molecule has 3 rings (SSSR count). The number of hydrogen-bond acceptors (Lipinski definition) is 3. The number of benzene rings is 1. The largest absolute Gasteiger partial charge is 0.454 e. The maximum Gasteiger partial charge on any atom is 0.231 e. The van der Waals surface area contributed by atoms with Gasteiger partial charge in [-0.25, -0.2) is 0 Å². The third-order valence-corrected chi connectivity index (χ3v) is 3.69. The molecular weight excluding hydrogens is 242 g/mol. The third-order valence-electron chi connectivity index (χ3n) is 3.69. The molecular formula is C15H17NO3. The van der Waals surface area contributed by atoms with Crippen molar-refractivity contribution in [2.45, 2.75) is 19.3 Å². The summed E-state index contributed by atoms with van der Waals surface area (Å²) < 4.78 is 10.6. The number of carbonyl (C=O) groups excluding carboxylic acids is 1. The number of anilines is 1. The molecule has 1 aliphatic carbocycles. The zero-order valence-electron chi connectivity index (χ0n) is 11.0. The van der Waals surface area contributed by atoms with Crippen LogP contribution in [-0.2, 0) is 4.79 Å². The highest BCUT2D eigenvalue weighted by Crippen LogP contribution is 2.35. The molecule has 0 N–H and O–H groups in total. The van der Waals surface area contributed by atoms with Crippen LogP contribution in [0, 0.1) is 5.92 Å². The Labute approximate surface area is 112 Å². The zero-order valence-corrected chi connectivity index (χ0v) is 11.0. The first-order valence-electron chi connectivity index (χ1n) is 6.58. The van der Waals surface area contributed by atoms with E-state index in [9.17, 15) is 4.79 Å². The Morgan fingerprint density at radius 1 is 1.26 bits per heavy atom. The predicted octanol–water partition coefficient (Wildman–Crippen LogP) is 2.73. The van der Waals surface area contributed by atoms with Gasteiger partial charge in [-0.2, -0.15) is 0 Å². The van der Waals surface area contributed by atoms with E-state index in [1.54, 1.807) is 4.90 Å². The lowest BCUT2D eigenvalue weighted by Gasteiger charge is -2.24. The summed E-state index contributed by atoms with van der Waals surface area (Å²) >= 11 is 0. The molecule has 100 valence electrons. The standard InChI is InChI=1S/C15H17NO3/c1-16(15(17)11-5-3-2-4-6-11)12-7-8-13-14(9-12)19-10-18-13/h2-3,7-9,11H,4-6,10H2,1H3. The SMILES string of the molecule is CN(C(=O)C1CC=CCC1)c1ccc2c(c1)OCO2. The van der Waals surface area contributed by atoms with Crippen LogP contribution in [0.2, 0.25) is 0 Å². The minimum absolute atomic E-state index is 0.0976. The summed E-state index contributed by atoms with van der Waals surface area (Å²) in [7, 11) is 1.82. The minimum atomic E-state index is 0.0976. The molecule has 0 bridgehead atoms. The van der Waals surface area contributed by atoms with E-state index in [4.69, 9.17) is 9.47 Å². The smallest absolute Gasteiger partial charge is 0.231 e. The van der Waals surface area contributed by atoms with Crippen LogP contribution in [0.4, 0.5) is 5.69 Å². The van der Waals surface area contributed by atoms with Crippen LogP contribution in [0.15, 0.2) is 30.4 Å². The molecule has 1 aromatic carbocycles. The van der Waals surface area contributed by atoms with Gasteiger partial charge in [-0.15, -0.1) is 0 Å². The number of nitrogens with zero attached hydrogens (tertiary/aromatic N) is 1. The fraction of sp³-hybridized carbons (Fsp3) is 0.400. The summed E-state index contributed by atoms with van der Waals surface area (Å²) in [6.45, 7) is 0.254. The highest BCUT2D eigenvalue weighted by atomic mass is 16.7. The molecule has 0 saturated heterocycles. The van der Waals surface area contributed by atoms with Gasteiger partial charge in [-0.05, 0) is 31.4 Å². The van der Waals surface area contributed by atoms with Gasteiger partial charge in [0.2, 0.25) is 12.7 Å². The Morgan fingerprint density at radius 2 is 2.11 bits per heavy atom. The lowest BCUT2D eigenvalue weighted by atomic mass is 9.93. The van der Waals surface area contributed by atoms with Gasteiger partial charge in [0.25, 0.3) is 0 Å². The number of rotatable bonds is 2. The lowest BCUT2D eigenvalue weighted by Crippen LogP contribution is -2.33.